The molecular formula is C55H49F2N15O8S2. The topological polar surface area (TPSA) is 276 Å². The second-order valence-electron chi connectivity index (χ2n) is 19.1. The summed E-state index contributed by atoms with van der Waals surface area (Å²) in [7, 11) is -7.49. The number of pyridine rings is 3. The minimum atomic E-state index is -3.75. The Morgan fingerprint density at radius 3 is 1.48 bits per heavy atom. The van der Waals surface area contributed by atoms with Crippen molar-refractivity contribution in [1.82, 2.24) is 44.5 Å². The van der Waals surface area contributed by atoms with Crippen molar-refractivity contribution in [1.29, 1.82) is 0 Å². The standard InChI is InChI=1S/C55H49F2N15O8S2/c1-32(2)69-29-46(52(65-69)35-9-13-44-34(22-35)8-7-19-59-44)63-54(73)71(48-15-11-38(24-42(48)56)79-40-17-20-60-50(26-40)67-81(5,75)76)72(49-16-12-39(25-43(49)57)80-41-18-21-61-51(27-41)68-82(6,77)78)55(74)64-47-30-70(33(3)4)66-53(47)36-10-14-45-37(23-36)28-58-31-62-45/h7-33H,1-6H3,(H,60,67)(H,61,68)(H,63,73)(H,64,74). The van der Waals surface area contributed by atoms with Crippen LogP contribution in [0, 0.1) is 11.6 Å². The fourth-order valence-electron chi connectivity index (χ4n) is 8.39. The Kier molecular flexibility index (Phi) is 15.2. The number of sulfonamides is 2. The molecule has 0 saturated heterocycles. The SMILES string of the molecule is CC(C)n1cc(NC(=O)N(c2ccc(Oc3ccnc(NS(C)(=O)=O)c3)cc2F)N(C(=O)Nc2cn(C(C)C)nc2-c2ccc3ncncc3c2)c2ccc(Oc3ccnc(NS(C)(=O)=O)c3)cc2F)c(-c2ccc3ncccc3c2)n1. The Balaban J connectivity index is 1.12. The van der Waals surface area contributed by atoms with Crippen molar-refractivity contribution in [2.24, 2.45) is 0 Å². The first-order valence-corrected chi connectivity index (χ1v) is 28.7. The summed E-state index contributed by atoms with van der Waals surface area (Å²) in [6, 6.07) is 23.3. The van der Waals surface area contributed by atoms with E-state index >= 15 is 18.4 Å². The number of benzene rings is 4. The van der Waals surface area contributed by atoms with Gasteiger partial charge in [0.15, 0.2) is 11.6 Å². The minimum absolute atomic E-state index is 0.0401. The molecule has 418 valence electrons. The molecule has 0 bridgehead atoms. The van der Waals surface area contributed by atoms with Crippen molar-refractivity contribution < 1.29 is 44.7 Å². The third-order valence-electron chi connectivity index (χ3n) is 12.1. The van der Waals surface area contributed by atoms with Crippen LogP contribution in [0.4, 0.5) is 52.8 Å². The zero-order valence-electron chi connectivity index (χ0n) is 44.3. The summed E-state index contributed by atoms with van der Waals surface area (Å²) in [6.07, 6.45) is 12.2. The summed E-state index contributed by atoms with van der Waals surface area (Å²) in [4.78, 5) is 52.2. The van der Waals surface area contributed by atoms with Gasteiger partial charge >= 0.3 is 12.1 Å². The lowest BCUT2D eigenvalue weighted by molar-refractivity contribution is 0.248. The Labute approximate surface area is 467 Å². The number of aromatic nitrogens is 9. The highest BCUT2D eigenvalue weighted by molar-refractivity contribution is 7.92. The van der Waals surface area contributed by atoms with E-state index in [1.807, 2.05) is 39.8 Å². The first kappa shape index (κ1) is 55.2. The van der Waals surface area contributed by atoms with Crippen LogP contribution in [0.15, 0.2) is 153 Å². The van der Waals surface area contributed by atoms with Gasteiger partial charge in [-0.2, -0.15) is 20.2 Å². The summed E-state index contributed by atoms with van der Waals surface area (Å²) < 4.78 is 102. The summed E-state index contributed by atoms with van der Waals surface area (Å²) >= 11 is 0. The van der Waals surface area contributed by atoms with Gasteiger partial charge in [-0.1, -0.05) is 18.2 Å². The number of hydrogen-bond acceptors (Lipinski definition) is 15. The van der Waals surface area contributed by atoms with Crippen LogP contribution in [-0.2, 0) is 20.0 Å². The highest BCUT2D eigenvalue weighted by atomic mass is 32.2. The number of hydrazine groups is 1. The molecule has 0 atom stereocenters. The van der Waals surface area contributed by atoms with Gasteiger partial charge in [0, 0.05) is 95.4 Å². The second kappa shape index (κ2) is 22.5. The van der Waals surface area contributed by atoms with Crippen molar-refractivity contribution in [3.8, 4) is 45.5 Å². The molecule has 23 nitrogen and oxygen atoms in total. The summed E-state index contributed by atoms with van der Waals surface area (Å²) in [5.74, 6) is -2.74. The lowest BCUT2D eigenvalue weighted by Gasteiger charge is -2.35. The molecule has 0 aliphatic heterocycles. The van der Waals surface area contributed by atoms with Gasteiger partial charge in [-0.3, -0.25) is 23.8 Å². The molecule has 0 spiro atoms. The van der Waals surface area contributed by atoms with Crippen molar-refractivity contribution >= 4 is 88.3 Å². The van der Waals surface area contributed by atoms with E-state index in [2.05, 4.69) is 45.0 Å². The van der Waals surface area contributed by atoms with Crippen LogP contribution in [0.2, 0.25) is 0 Å². The normalized spacial score (nSPS) is 11.7. The van der Waals surface area contributed by atoms with Gasteiger partial charge in [0.05, 0.1) is 34.9 Å². The Hall–Kier alpha value is -10.2. The monoisotopic (exact) mass is 1150 g/mol. The number of hydrogen-bond donors (Lipinski definition) is 4. The van der Waals surface area contributed by atoms with E-state index in [0.717, 1.165) is 42.2 Å². The molecule has 0 unspecified atom stereocenters. The van der Waals surface area contributed by atoms with E-state index < -0.39 is 55.1 Å². The number of carbonyl (C=O) groups excluding carboxylic acids is 2. The quantitative estimate of drug-likeness (QED) is 0.0655. The van der Waals surface area contributed by atoms with Crippen LogP contribution in [0.3, 0.4) is 0 Å². The van der Waals surface area contributed by atoms with Crippen LogP contribution in [0.5, 0.6) is 23.0 Å². The second-order valence-corrected chi connectivity index (χ2v) is 22.6. The van der Waals surface area contributed by atoms with Crippen LogP contribution in [0.1, 0.15) is 39.8 Å². The van der Waals surface area contributed by atoms with Gasteiger partial charge in [-0.25, -0.2) is 55.1 Å². The number of fused-ring (bicyclic) bond motifs is 2. The number of carbonyl (C=O) groups is 2. The van der Waals surface area contributed by atoms with Crippen molar-refractivity contribution in [2.75, 3.05) is 42.6 Å². The molecule has 6 aromatic heterocycles. The number of rotatable bonds is 16. The largest absolute Gasteiger partial charge is 0.457 e. The minimum Gasteiger partial charge on any atom is -0.457 e. The molecule has 0 fully saturated rings. The van der Waals surface area contributed by atoms with Gasteiger partial charge in [-0.15, -0.1) is 0 Å². The highest BCUT2D eigenvalue weighted by Crippen LogP contribution is 2.38. The van der Waals surface area contributed by atoms with Crippen LogP contribution in [0.25, 0.3) is 44.3 Å². The summed E-state index contributed by atoms with van der Waals surface area (Å²) in [5.41, 5.74) is 1.90. The molecule has 82 heavy (non-hydrogen) atoms. The molecule has 4 aromatic carbocycles. The van der Waals surface area contributed by atoms with Crippen LogP contribution < -0.4 is 39.6 Å². The molecule has 0 saturated carbocycles. The molecule has 10 aromatic rings. The smallest absolute Gasteiger partial charge is 0.346 e. The molecule has 4 amide bonds. The molecular weight excluding hydrogens is 1100 g/mol. The number of ether oxygens (including phenoxy) is 2. The Morgan fingerprint density at radius 1 is 0.549 bits per heavy atom. The zero-order chi connectivity index (χ0) is 58.0. The molecule has 10 rings (SSSR count). The van der Waals surface area contributed by atoms with E-state index in [1.54, 1.807) is 70.5 Å². The fraction of sp³-hybridized carbons (Fsp3) is 0.145. The average Bonchev–Trinajstić information content (AvgIpc) is 4.23. The molecule has 0 radical (unpaired) electrons. The van der Waals surface area contributed by atoms with Gasteiger partial charge in [0.2, 0.25) is 20.0 Å². The van der Waals surface area contributed by atoms with Gasteiger partial charge < -0.3 is 20.1 Å². The summed E-state index contributed by atoms with van der Waals surface area (Å²) in [6.45, 7) is 7.47. The number of amides is 4. The lowest BCUT2D eigenvalue weighted by Crippen LogP contribution is -2.54. The van der Waals surface area contributed by atoms with E-state index in [9.17, 15) is 16.8 Å². The number of nitrogens with one attached hydrogen (secondary N) is 4. The highest BCUT2D eigenvalue weighted by Gasteiger charge is 2.36. The van der Waals surface area contributed by atoms with E-state index in [-0.39, 0.29) is 69.5 Å². The predicted octanol–water partition coefficient (Wildman–Crippen LogP) is 11.2. The third kappa shape index (κ3) is 12.6. The zero-order valence-corrected chi connectivity index (χ0v) is 46.0. The first-order valence-electron chi connectivity index (χ1n) is 24.9. The fourth-order valence-corrected chi connectivity index (χ4v) is 9.37. The number of nitrogens with zero attached hydrogens (tertiary/aromatic N) is 11. The number of anilines is 6. The van der Waals surface area contributed by atoms with Crippen molar-refractivity contribution in [3.05, 3.63) is 164 Å². The number of urea groups is 2. The maximum Gasteiger partial charge on any atom is 0.346 e. The molecule has 0 aliphatic rings. The van der Waals surface area contributed by atoms with Gasteiger partial charge in [0.1, 0.15) is 63.7 Å². The van der Waals surface area contributed by atoms with Gasteiger partial charge in [0.25, 0.3) is 0 Å². The molecule has 27 heteroatoms. The Bertz CT molecular complexity index is 4060. The van der Waals surface area contributed by atoms with E-state index in [0.29, 0.717) is 37.6 Å². The van der Waals surface area contributed by atoms with Crippen LogP contribution >= 0.6 is 0 Å². The molecule has 4 N–H and O–H groups in total. The van der Waals surface area contributed by atoms with Crippen molar-refractivity contribution in [2.45, 2.75) is 39.8 Å². The Morgan fingerprint density at radius 2 is 1.01 bits per heavy atom. The van der Waals surface area contributed by atoms with E-state index in [1.165, 1.54) is 55.1 Å². The number of halogens is 2. The maximum absolute atomic E-state index is 17.4. The first-order chi connectivity index (χ1) is 39.1. The predicted molar refractivity (Wildman–Crippen MR) is 306 cm³/mol. The molecule has 0 aliphatic carbocycles. The average molecular weight is 1150 g/mol. The third-order valence-corrected chi connectivity index (χ3v) is 13.2. The summed E-state index contributed by atoms with van der Waals surface area (Å²) in [5, 5.41) is 17.9. The van der Waals surface area contributed by atoms with Crippen molar-refractivity contribution in [3.63, 3.8) is 0 Å². The molecule has 6 heterocycles. The lowest BCUT2D eigenvalue weighted by atomic mass is 10.1. The van der Waals surface area contributed by atoms with Crippen LogP contribution in [-0.4, -0.2) is 85.9 Å². The van der Waals surface area contributed by atoms with E-state index in [4.69, 9.17) is 19.7 Å². The maximum atomic E-state index is 17.4. The van der Waals surface area contributed by atoms with Gasteiger partial charge in [-0.05, 0) is 94.4 Å².